The largest absolute Gasteiger partial charge is 0.491 e. The fraction of sp³-hybridized carbons (Fsp3) is 0.379. The number of hydrogen-bond acceptors (Lipinski definition) is 8. The van der Waals surface area contributed by atoms with Gasteiger partial charge in [0.15, 0.2) is 0 Å². The van der Waals surface area contributed by atoms with Gasteiger partial charge in [-0.25, -0.2) is 9.59 Å². The van der Waals surface area contributed by atoms with Crippen LogP contribution in [0.15, 0.2) is 72.8 Å². The van der Waals surface area contributed by atoms with Crippen LogP contribution < -0.4 is 9.47 Å². The van der Waals surface area contributed by atoms with Crippen molar-refractivity contribution in [2.24, 2.45) is 0 Å². The molecule has 0 aliphatic heterocycles. The van der Waals surface area contributed by atoms with Crippen molar-refractivity contribution < 1.29 is 38.7 Å². The van der Waals surface area contributed by atoms with E-state index in [0.717, 1.165) is 11.1 Å². The van der Waals surface area contributed by atoms with Gasteiger partial charge in [-0.1, -0.05) is 57.3 Å². The van der Waals surface area contributed by atoms with E-state index in [1.807, 2.05) is 36.4 Å². The van der Waals surface area contributed by atoms with Gasteiger partial charge in [-0.3, -0.25) is 0 Å². The molecule has 2 N–H and O–H groups in total. The predicted octanol–water partition coefficient (Wildman–Crippen LogP) is 3.73. The minimum Gasteiger partial charge on any atom is -0.491 e. The van der Waals surface area contributed by atoms with Crippen LogP contribution in [-0.4, -0.2) is 60.8 Å². The van der Waals surface area contributed by atoms with Crippen molar-refractivity contribution in [1.29, 1.82) is 0 Å². The van der Waals surface area contributed by atoms with Crippen LogP contribution in [0, 0.1) is 0 Å². The monoisotopic (exact) mass is 512 g/mol. The second kappa shape index (κ2) is 13.6. The number of aliphatic hydroxyl groups is 2. The Balaban J connectivity index is 1.99. The van der Waals surface area contributed by atoms with Crippen LogP contribution in [0.25, 0.3) is 0 Å². The second-order valence-electron chi connectivity index (χ2n) is 9.33. The van der Waals surface area contributed by atoms with Crippen LogP contribution in [0.1, 0.15) is 38.8 Å². The van der Waals surface area contributed by atoms with Gasteiger partial charge in [0, 0.05) is 22.1 Å². The Morgan fingerprint density at radius 2 is 1.27 bits per heavy atom. The molecule has 0 saturated carbocycles. The summed E-state index contributed by atoms with van der Waals surface area (Å²) in [5.41, 5.74) is 1.96. The van der Waals surface area contributed by atoms with Gasteiger partial charge < -0.3 is 29.2 Å². The van der Waals surface area contributed by atoms with E-state index in [-0.39, 0.29) is 37.6 Å². The van der Waals surface area contributed by atoms with E-state index in [4.69, 9.17) is 18.9 Å². The molecule has 0 heterocycles. The van der Waals surface area contributed by atoms with E-state index < -0.39 is 29.6 Å². The van der Waals surface area contributed by atoms with Gasteiger partial charge in [-0.05, 0) is 37.6 Å². The van der Waals surface area contributed by atoms with Crippen molar-refractivity contribution in [2.75, 3.05) is 26.4 Å². The summed E-state index contributed by atoms with van der Waals surface area (Å²) in [6.45, 7) is 13.7. The molecule has 37 heavy (non-hydrogen) atoms. The lowest BCUT2D eigenvalue weighted by Gasteiger charge is -2.29. The summed E-state index contributed by atoms with van der Waals surface area (Å²) in [5.74, 6) is 0.0386. The third-order valence-electron chi connectivity index (χ3n) is 5.52. The third kappa shape index (κ3) is 9.08. The highest BCUT2D eigenvalue weighted by atomic mass is 16.6. The number of hydrogen-bond donors (Lipinski definition) is 2. The Morgan fingerprint density at radius 3 is 1.78 bits per heavy atom. The number of esters is 2. The summed E-state index contributed by atoms with van der Waals surface area (Å²) in [5, 5.41) is 20.2. The molecule has 2 rings (SSSR count). The van der Waals surface area contributed by atoms with Gasteiger partial charge in [-0.2, -0.15) is 0 Å². The highest BCUT2D eigenvalue weighted by Gasteiger charge is 2.27. The summed E-state index contributed by atoms with van der Waals surface area (Å²) < 4.78 is 21.4. The number of aliphatic hydroxyl groups excluding tert-OH is 2. The van der Waals surface area contributed by atoms with Gasteiger partial charge in [-0.15, -0.1) is 0 Å². The molecule has 0 fully saturated rings. The van der Waals surface area contributed by atoms with Crippen molar-refractivity contribution in [1.82, 2.24) is 0 Å². The van der Waals surface area contributed by atoms with Crippen LogP contribution in [0.2, 0.25) is 0 Å². The van der Waals surface area contributed by atoms with Gasteiger partial charge in [0.2, 0.25) is 0 Å². The maximum Gasteiger partial charge on any atom is 0.333 e. The Labute approximate surface area is 218 Å². The average Bonchev–Trinajstić information content (AvgIpc) is 2.88. The van der Waals surface area contributed by atoms with Crippen LogP contribution in [0.5, 0.6) is 11.5 Å². The van der Waals surface area contributed by atoms with Gasteiger partial charge in [0.05, 0.1) is 0 Å². The summed E-state index contributed by atoms with van der Waals surface area (Å²) in [6.07, 6.45) is -1.96. The lowest BCUT2D eigenvalue weighted by Crippen LogP contribution is -2.27. The molecule has 8 heteroatoms. The van der Waals surface area contributed by atoms with Crippen molar-refractivity contribution >= 4 is 11.9 Å². The van der Waals surface area contributed by atoms with Crippen molar-refractivity contribution in [2.45, 2.75) is 45.3 Å². The van der Waals surface area contributed by atoms with Crippen LogP contribution in [0.3, 0.4) is 0 Å². The predicted molar refractivity (Wildman–Crippen MR) is 140 cm³/mol. The van der Waals surface area contributed by atoms with Gasteiger partial charge >= 0.3 is 11.9 Å². The fourth-order valence-electron chi connectivity index (χ4n) is 3.30. The van der Waals surface area contributed by atoms with Crippen molar-refractivity contribution in [3.05, 3.63) is 84.0 Å². The van der Waals surface area contributed by atoms with E-state index in [2.05, 4.69) is 27.0 Å². The first-order chi connectivity index (χ1) is 17.4. The van der Waals surface area contributed by atoms with E-state index in [9.17, 15) is 19.8 Å². The minimum atomic E-state index is -0.990. The molecular formula is C29H36O8. The molecular weight excluding hydrogens is 476 g/mol. The Morgan fingerprint density at radius 1 is 0.784 bits per heavy atom. The van der Waals surface area contributed by atoms with Gasteiger partial charge in [0.1, 0.15) is 50.1 Å². The molecule has 200 valence electrons. The van der Waals surface area contributed by atoms with E-state index in [1.165, 1.54) is 13.8 Å². The van der Waals surface area contributed by atoms with Gasteiger partial charge in [0.25, 0.3) is 0 Å². The molecule has 0 bridgehead atoms. The summed E-state index contributed by atoms with van der Waals surface area (Å²) >= 11 is 0. The third-order valence-corrected chi connectivity index (χ3v) is 5.52. The number of rotatable bonds is 14. The second-order valence-corrected chi connectivity index (χ2v) is 9.33. The molecule has 2 atom stereocenters. The molecule has 0 aliphatic rings. The quantitative estimate of drug-likeness (QED) is 0.291. The summed E-state index contributed by atoms with van der Waals surface area (Å²) in [6, 6.07) is 15.0. The number of carbonyl (C=O) groups is 2. The smallest absolute Gasteiger partial charge is 0.333 e. The molecule has 2 aromatic rings. The first kappa shape index (κ1) is 29.6. The number of para-hydroxylation sites is 1. The summed E-state index contributed by atoms with van der Waals surface area (Å²) in [4.78, 5) is 23.0. The SMILES string of the molecule is C=C(C)C(=O)OCC(O)COc1ccc(C(C)(C)c2ccccc2OCC(O)COC(=O)C(=C)C)cc1. The number of ether oxygens (including phenoxy) is 4. The zero-order valence-corrected chi connectivity index (χ0v) is 21.9. The molecule has 2 unspecified atom stereocenters. The Kier molecular flexibility index (Phi) is 10.9. The van der Waals surface area contributed by atoms with Crippen molar-refractivity contribution in [3.63, 3.8) is 0 Å². The lowest BCUT2D eigenvalue weighted by atomic mass is 9.77. The van der Waals surface area contributed by atoms with Crippen molar-refractivity contribution in [3.8, 4) is 11.5 Å². The standard InChI is InChI=1S/C29H36O8/c1-19(2)27(32)36-17-22(30)15-34-24-13-11-21(12-14-24)29(5,6)25-9-7-8-10-26(25)35-16-23(31)18-37-28(33)20(3)4/h7-14,22-23,30-31H,1,3,15-18H2,2,4-6H3. The molecule has 0 radical (unpaired) electrons. The zero-order valence-electron chi connectivity index (χ0n) is 21.9. The molecule has 0 spiro atoms. The first-order valence-electron chi connectivity index (χ1n) is 11.9. The first-order valence-corrected chi connectivity index (χ1v) is 11.9. The molecule has 2 aromatic carbocycles. The topological polar surface area (TPSA) is 112 Å². The maximum atomic E-state index is 11.5. The number of benzene rings is 2. The summed E-state index contributed by atoms with van der Waals surface area (Å²) in [7, 11) is 0. The normalized spacial score (nSPS) is 12.7. The zero-order chi connectivity index (χ0) is 27.6. The number of carbonyl (C=O) groups excluding carboxylic acids is 2. The molecule has 0 saturated heterocycles. The van der Waals surface area contributed by atoms with E-state index in [0.29, 0.717) is 11.5 Å². The van der Waals surface area contributed by atoms with Crippen LogP contribution in [0.4, 0.5) is 0 Å². The lowest BCUT2D eigenvalue weighted by molar-refractivity contribution is -0.143. The highest BCUT2D eigenvalue weighted by Crippen LogP contribution is 2.37. The molecule has 8 nitrogen and oxygen atoms in total. The Hall–Kier alpha value is -3.62. The average molecular weight is 513 g/mol. The van der Waals surface area contributed by atoms with E-state index in [1.54, 1.807) is 12.1 Å². The van der Waals surface area contributed by atoms with Crippen LogP contribution >= 0.6 is 0 Å². The molecule has 0 aromatic heterocycles. The highest BCUT2D eigenvalue weighted by molar-refractivity contribution is 5.87. The molecule has 0 aliphatic carbocycles. The van der Waals surface area contributed by atoms with E-state index >= 15 is 0 Å². The maximum absolute atomic E-state index is 11.5. The van der Waals surface area contributed by atoms with Crippen LogP contribution in [-0.2, 0) is 24.5 Å². The Bertz CT molecular complexity index is 1090. The molecule has 0 amide bonds. The minimum absolute atomic E-state index is 0.0348. The fourth-order valence-corrected chi connectivity index (χ4v) is 3.30.